The van der Waals surface area contributed by atoms with Crippen molar-refractivity contribution in [3.8, 4) is 23.0 Å². The van der Waals surface area contributed by atoms with E-state index < -0.39 is 199 Å². The van der Waals surface area contributed by atoms with Gasteiger partial charge in [-0.1, -0.05) is 48.5 Å². The third-order valence-electron chi connectivity index (χ3n) is 23.8. The second-order valence-corrected chi connectivity index (χ2v) is 35.2. The first-order chi connectivity index (χ1) is 49.9. The number of ether oxygens (including phenoxy) is 4. The van der Waals surface area contributed by atoms with Crippen LogP contribution in [0, 0.1) is 0 Å². The van der Waals surface area contributed by atoms with E-state index in [1.54, 1.807) is 76.2 Å². The average molecular weight is 1820 g/mol. The van der Waals surface area contributed by atoms with Gasteiger partial charge in [-0.05, 0) is 53.4 Å². The van der Waals surface area contributed by atoms with E-state index in [0.29, 0.717) is 43.8 Å². The maximum atomic E-state index is 15.9. The molecule has 0 unspecified atom stereocenters. The Kier molecular flexibility index (Phi) is 20.1. The van der Waals surface area contributed by atoms with Crippen LogP contribution in [0.15, 0.2) is 48.5 Å². The van der Waals surface area contributed by atoms with Crippen LogP contribution in [0.5, 0.6) is 23.0 Å². The van der Waals surface area contributed by atoms with Gasteiger partial charge in [0, 0.05) is 43.8 Å². The van der Waals surface area contributed by atoms with Crippen LogP contribution in [0.3, 0.4) is 0 Å². The zero-order chi connectivity index (χ0) is 75.1. The first-order valence-electron chi connectivity index (χ1n) is 34.0. The monoisotopic (exact) mass is 1810 g/mol. The number of rotatable bonds is 20. The van der Waals surface area contributed by atoms with E-state index in [4.69, 9.17) is 18.9 Å². The normalized spacial score (nSPS) is 27.3. The third-order valence-corrected chi connectivity index (χ3v) is 27.0. The molecule has 13 aliphatic rings. The third kappa shape index (κ3) is 11.4. The van der Waals surface area contributed by atoms with Crippen LogP contribution in [0.25, 0.3) is 21.5 Å². The molecule has 4 aromatic rings. The number of nitrogens with zero attached hydrogens (tertiary/aromatic N) is 16. The fourth-order valence-corrected chi connectivity index (χ4v) is 20.5. The van der Waals surface area contributed by atoms with Gasteiger partial charge in [-0.2, -0.15) is 33.7 Å². The Labute approximate surface area is 680 Å². The van der Waals surface area contributed by atoms with E-state index >= 15 is 38.4 Å². The minimum Gasteiger partial charge on any atom is -0.493 e. The molecule has 0 saturated carbocycles. The summed E-state index contributed by atoms with van der Waals surface area (Å²) < 4.78 is 159. The summed E-state index contributed by atoms with van der Waals surface area (Å²) in [6, 6.07) is 7.64. The van der Waals surface area contributed by atoms with Gasteiger partial charge in [-0.15, -0.1) is 0 Å². The molecule has 568 valence electrons. The molecule has 40 nitrogen and oxygen atoms in total. The summed E-state index contributed by atoms with van der Waals surface area (Å²) in [5.41, 5.74) is -5.70. The van der Waals surface area contributed by atoms with Crippen molar-refractivity contribution < 1.29 is 187 Å². The van der Waals surface area contributed by atoms with Crippen LogP contribution in [-0.2, 0) is 145 Å². The molecular weight excluding hydrogens is 1740 g/mol. The molecule has 4 N–H and O–H groups in total. The first kappa shape index (κ1) is 80.9. The minimum absolute atomic E-state index is 0. The molecule has 17 rings (SSSR count). The number of hydrogen-bond acceptors (Lipinski definition) is 20. The Balaban J connectivity index is 0.00000266. The Morgan fingerprint density at radius 1 is 0.309 bits per heavy atom. The minimum atomic E-state index is -4.43. The van der Waals surface area contributed by atoms with Crippen LogP contribution in [0.2, 0.25) is 0 Å². The molecule has 0 atom stereocenters. The Morgan fingerprint density at radius 2 is 0.491 bits per heavy atom. The largest absolute Gasteiger partial charge is 2.00 e. The molecule has 13 aliphatic heterocycles. The van der Waals surface area contributed by atoms with Crippen molar-refractivity contribution in [1.29, 1.82) is 0 Å². The molecule has 11 saturated heterocycles. The van der Waals surface area contributed by atoms with Crippen LogP contribution >= 0.6 is 0 Å². The Morgan fingerprint density at radius 3 is 0.682 bits per heavy atom. The summed E-state index contributed by atoms with van der Waals surface area (Å²) >= 11 is 0. The van der Waals surface area contributed by atoms with Gasteiger partial charge >= 0.3 is 126 Å². The van der Waals surface area contributed by atoms with Gasteiger partial charge in [0.1, 0.15) is 63.0 Å². The maximum absolute atomic E-state index is 15.9. The van der Waals surface area contributed by atoms with Crippen molar-refractivity contribution in [2.24, 2.45) is 0 Å². The fraction of sp³-hybridized carbons (Fsp3) is 0.548. The summed E-state index contributed by atoms with van der Waals surface area (Å²) in [6.45, 7) is 0.762. The van der Waals surface area contributed by atoms with Gasteiger partial charge in [0.2, 0.25) is 0 Å². The molecule has 110 heavy (non-hydrogen) atoms. The molecule has 48 heteroatoms. The van der Waals surface area contributed by atoms with Gasteiger partial charge in [0.05, 0.1) is 75.6 Å². The van der Waals surface area contributed by atoms with Gasteiger partial charge < -0.3 is 18.9 Å². The van der Waals surface area contributed by atoms with Crippen molar-refractivity contribution in [3.05, 3.63) is 70.8 Å². The number of amides is 16. The zero-order valence-corrected chi connectivity index (χ0v) is 75.2. The van der Waals surface area contributed by atoms with Crippen LogP contribution in [-0.4, -0.2) is 315 Å². The van der Waals surface area contributed by atoms with Gasteiger partial charge in [0.25, 0.3) is 40.5 Å². The van der Waals surface area contributed by atoms with E-state index in [0.717, 1.165) is 0 Å². The molecule has 0 aromatic heterocycles. The molecule has 0 spiro atoms. The molecule has 13 heterocycles. The summed E-state index contributed by atoms with van der Waals surface area (Å²) in [4.78, 5) is 148. The van der Waals surface area contributed by atoms with Crippen molar-refractivity contribution in [2.45, 2.75) is 127 Å². The molecule has 4 aromatic carbocycles. The van der Waals surface area contributed by atoms with Gasteiger partial charge in [-0.25, -0.2) is 38.4 Å². The second-order valence-electron chi connectivity index (χ2n) is 28.9. The molecule has 0 aliphatic carbocycles. The number of hydrogen-bond donors (Lipinski definition) is 4. The second kappa shape index (κ2) is 27.3. The number of fused-ring (bicyclic) bond motifs is 4. The number of carbonyl (C=O) groups excluding carboxylic acids is 8. The van der Waals surface area contributed by atoms with Crippen LogP contribution < -0.4 is 18.9 Å². The smallest absolute Gasteiger partial charge is 0.493 e. The fourth-order valence-electron chi connectivity index (χ4n) is 18.6. The van der Waals surface area contributed by atoms with Crippen molar-refractivity contribution in [1.82, 2.24) is 78.4 Å². The topological polar surface area (TPSA) is 443 Å². The van der Waals surface area contributed by atoms with E-state index in [1.165, 1.54) is 78.4 Å². The van der Waals surface area contributed by atoms with Crippen molar-refractivity contribution in [2.75, 3.05) is 89.5 Å². The van der Waals surface area contributed by atoms with E-state index in [-0.39, 0.29) is 179 Å². The Bertz CT molecular complexity index is 4560. The molecule has 16 amide bonds. The standard InChI is InChI=1S/C62H72N16O24S4.4Zn/c1-59-61(3)75-31-67-49-47-63(51(67)79)29-65-48-50-69(53(65)81)33-77-57(85)73-27-41-42(46(102-20-12-24-106(96,97)98)38-16-8-7-15-37(38)45(41)101-19-11-23-105(93,94)95)28-74-58(86)78(62(77,4)60(73,74)2)34-70(50)54(82)66(48)30-64(47)52(80)68(49)32-76(61)56(84)72(59)26-40-39(25-71(59)55(75)83)43(99-17-9-21-103(87,88)89)35-13-5-6-14-36(35)44(40)100-18-10-22-104(90,91)92;;;;/h5-8,13-16,47-50H,9-12,17-34H2,1-4H3,(H,87,88,89)(H,90,91,92)(H,93,94,95)(H,96,97,98);;;;/q;4*+2. The van der Waals surface area contributed by atoms with E-state index in [2.05, 4.69) is 0 Å². The summed E-state index contributed by atoms with van der Waals surface area (Å²) in [7, 11) is -17.7. The van der Waals surface area contributed by atoms with Gasteiger partial charge in [-0.3, -0.25) is 96.6 Å². The predicted octanol–water partition coefficient (Wildman–Crippen LogP) is 2.19. The average Bonchev–Trinajstić information content (AvgIpc) is 1.49. The van der Waals surface area contributed by atoms with E-state index in [1.807, 2.05) is 0 Å². The quantitative estimate of drug-likeness (QED) is 0.0559. The van der Waals surface area contributed by atoms with Crippen LogP contribution in [0.4, 0.5) is 38.4 Å². The van der Waals surface area contributed by atoms with Gasteiger partial charge in [0.15, 0.2) is 47.3 Å². The Hall–Kier alpha value is -7.11. The SMILES string of the molecule is CC12N3Cc4c(c(OCCCS(=O)(=O)O)c5ccccc5c4OCCCS(=O)(=O)O)CN1C(=O)N1CN4C(=O)N5CN6C(=O)N7CN8C(=O)N9Cc%10c(c(OCCCS(=O)(=O)O)c%11ccccc%11c%10OCCCS(=O)(=O)O)CN%10C(=O)N(CN%11C(=O)N(CN%12C(=O)N(CN(C3=O)C12C)C4C%125)C6C%117)C8(C)C%109C.[Zn+2].[Zn+2].[Zn+2].[Zn+2]. The summed E-state index contributed by atoms with van der Waals surface area (Å²) in [5, 5.41) is 1.65. The number of carbonyl (C=O) groups is 8. The molecule has 0 radical (unpaired) electrons. The number of benzene rings is 4. The number of urea groups is 8. The predicted molar refractivity (Wildman–Crippen MR) is 359 cm³/mol. The van der Waals surface area contributed by atoms with Crippen LogP contribution in [0.1, 0.15) is 75.6 Å². The molecule has 11 fully saturated rings. The maximum Gasteiger partial charge on any atom is 2.00 e. The van der Waals surface area contributed by atoms with Crippen molar-refractivity contribution >= 4 is 110 Å². The zero-order valence-electron chi connectivity index (χ0n) is 60.1. The summed E-state index contributed by atoms with van der Waals surface area (Å²) in [6.07, 6.45) is -5.96. The molecule has 0 bridgehead atoms. The molecular formula is C62H72N16O24S4Zn4+8. The first-order valence-corrected chi connectivity index (χ1v) is 40.5. The van der Waals surface area contributed by atoms with Crippen molar-refractivity contribution in [3.63, 3.8) is 0 Å². The van der Waals surface area contributed by atoms with E-state index in [9.17, 15) is 51.9 Å². The summed E-state index contributed by atoms with van der Waals surface area (Å²) in [5.74, 6) is -1.97.